The van der Waals surface area contributed by atoms with E-state index in [1.807, 2.05) is 6.92 Å². The third kappa shape index (κ3) is 4.09. The molecule has 10 heteroatoms. The lowest BCUT2D eigenvalue weighted by Crippen LogP contribution is -2.80. The maximum Gasteiger partial charge on any atom is 0.338 e. The fraction of sp³-hybridized carbons (Fsp3) is 0.625. The predicted molar refractivity (Wildman–Crippen MR) is 148 cm³/mol. The fourth-order valence-electron chi connectivity index (χ4n) is 8.20. The number of ketones is 1. The lowest BCUT2D eigenvalue weighted by Gasteiger charge is -2.68. The quantitative estimate of drug-likeness (QED) is 0.308. The molecular formula is C32H40O10. The molecule has 228 valence electrons. The van der Waals surface area contributed by atoms with E-state index in [0.717, 1.165) is 0 Å². The van der Waals surface area contributed by atoms with E-state index >= 15 is 0 Å². The molecule has 1 aliphatic heterocycles. The predicted octanol–water partition coefficient (Wildman–Crippen LogP) is 2.93. The first-order valence-electron chi connectivity index (χ1n) is 14.4. The number of fused-ring (bicyclic) bond motifs is 5. The molecule has 2 bridgehead atoms. The van der Waals surface area contributed by atoms with Gasteiger partial charge in [-0.2, -0.15) is 0 Å². The molecule has 0 spiro atoms. The lowest BCUT2D eigenvalue weighted by molar-refractivity contribution is -0.340. The van der Waals surface area contributed by atoms with Crippen molar-refractivity contribution in [1.29, 1.82) is 0 Å². The van der Waals surface area contributed by atoms with Crippen LogP contribution in [0.3, 0.4) is 0 Å². The molecule has 0 aromatic heterocycles. The number of ether oxygens (including phenoxy) is 4. The monoisotopic (exact) mass is 584 g/mol. The largest absolute Gasteiger partial charge is 0.455 e. The van der Waals surface area contributed by atoms with Gasteiger partial charge in [0.1, 0.15) is 17.8 Å². The molecule has 3 aliphatic carbocycles. The first-order valence-corrected chi connectivity index (χ1v) is 14.4. The highest BCUT2D eigenvalue weighted by atomic mass is 16.6. The van der Waals surface area contributed by atoms with Gasteiger partial charge in [0.15, 0.2) is 17.5 Å². The van der Waals surface area contributed by atoms with Crippen LogP contribution in [-0.4, -0.2) is 76.1 Å². The number of esters is 3. The third-order valence-corrected chi connectivity index (χ3v) is 10.7. The third-order valence-electron chi connectivity index (χ3n) is 10.7. The summed E-state index contributed by atoms with van der Waals surface area (Å²) in [7, 11) is 0. The van der Waals surface area contributed by atoms with Gasteiger partial charge in [0.25, 0.3) is 0 Å². The van der Waals surface area contributed by atoms with Gasteiger partial charge in [-0.3, -0.25) is 14.4 Å². The molecule has 0 radical (unpaired) electrons. The lowest BCUT2D eigenvalue weighted by atomic mass is 9.43. The number of carbonyl (C=O) groups is 4. The average molecular weight is 585 g/mol. The second-order valence-corrected chi connectivity index (χ2v) is 13.2. The van der Waals surface area contributed by atoms with Gasteiger partial charge in [-0.25, -0.2) is 4.79 Å². The summed E-state index contributed by atoms with van der Waals surface area (Å²) in [5, 5.41) is 24.3. The molecule has 5 rings (SSSR count). The van der Waals surface area contributed by atoms with Crippen molar-refractivity contribution in [1.82, 2.24) is 0 Å². The van der Waals surface area contributed by atoms with E-state index in [9.17, 15) is 29.4 Å². The van der Waals surface area contributed by atoms with Crippen LogP contribution in [-0.2, 0) is 33.3 Å². The molecule has 1 aromatic rings. The summed E-state index contributed by atoms with van der Waals surface area (Å²) < 4.78 is 24.0. The van der Waals surface area contributed by atoms with Crippen molar-refractivity contribution in [3.8, 4) is 0 Å². The average Bonchev–Trinajstić information content (AvgIpc) is 2.90. The number of benzene rings is 1. The number of hydrogen-bond acceptors (Lipinski definition) is 10. The Kier molecular flexibility index (Phi) is 7.23. The Morgan fingerprint density at radius 3 is 2.21 bits per heavy atom. The summed E-state index contributed by atoms with van der Waals surface area (Å²) in [6, 6.07) is 8.26. The summed E-state index contributed by atoms with van der Waals surface area (Å²) >= 11 is 0. The summed E-state index contributed by atoms with van der Waals surface area (Å²) in [5.74, 6) is -4.10. The molecular weight excluding hydrogens is 544 g/mol. The summed E-state index contributed by atoms with van der Waals surface area (Å²) in [6.45, 7) is 10.9. The number of hydrogen-bond donors (Lipinski definition) is 2. The van der Waals surface area contributed by atoms with Crippen LogP contribution >= 0.6 is 0 Å². The Morgan fingerprint density at radius 2 is 1.67 bits per heavy atom. The van der Waals surface area contributed by atoms with Gasteiger partial charge in [0, 0.05) is 31.1 Å². The van der Waals surface area contributed by atoms with Gasteiger partial charge >= 0.3 is 17.9 Å². The second-order valence-electron chi connectivity index (χ2n) is 13.2. The molecule has 1 aromatic carbocycles. The van der Waals surface area contributed by atoms with Crippen molar-refractivity contribution in [2.75, 3.05) is 6.61 Å². The van der Waals surface area contributed by atoms with Crippen molar-refractivity contribution in [3.63, 3.8) is 0 Å². The molecule has 1 heterocycles. The standard InChI is InChI=1S/C32H40O10/c1-16-13-22-31(15-39-22,42-19(4)34)25-27(41-28(37)20-11-9-8-10-12-20)32(38)14-21(35)17(2)23(29(32,5)6)24(40-18(3)33)26(36)30(16,25)7/h8-12,16,21-22,24-25,27,35,38H,13-15H2,1-7H3/t16-,21-,22+,24+,25?,27-,30+,31-,32+/m0/s1. The number of rotatable bonds is 4. The van der Waals surface area contributed by atoms with Crippen LogP contribution in [0.25, 0.3) is 0 Å². The normalized spacial score (nSPS) is 40.4. The van der Waals surface area contributed by atoms with Crippen LogP contribution in [0.15, 0.2) is 41.5 Å². The van der Waals surface area contributed by atoms with E-state index in [0.29, 0.717) is 12.0 Å². The van der Waals surface area contributed by atoms with Crippen LogP contribution in [0.5, 0.6) is 0 Å². The zero-order chi connectivity index (χ0) is 31.0. The topological polar surface area (TPSA) is 146 Å². The molecule has 4 aliphatic rings. The minimum atomic E-state index is -2.00. The number of Topliss-reactive ketones (excluding diaryl/α,β-unsaturated/α-hetero) is 1. The maximum atomic E-state index is 15.0. The first-order chi connectivity index (χ1) is 19.5. The summed E-state index contributed by atoms with van der Waals surface area (Å²) in [6.07, 6.45) is -4.67. The number of aliphatic hydroxyl groups excluding tert-OH is 1. The smallest absolute Gasteiger partial charge is 0.338 e. The number of aliphatic hydroxyl groups is 2. The molecule has 10 nitrogen and oxygen atoms in total. The zero-order valence-corrected chi connectivity index (χ0v) is 25.1. The van der Waals surface area contributed by atoms with Crippen LogP contribution in [0.2, 0.25) is 0 Å². The Labute approximate surface area is 245 Å². The van der Waals surface area contributed by atoms with Crippen LogP contribution in [0.4, 0.5) is 0 Å². The second kappa shape index (κ2) is 9.99. The molecule has 2 saturated carbocycles. The van der Waals surface area contributed by atoms with E-state index in [2.05, 4.69) is 0 Å². The molecule has 9 atom stereocenters. The van der Waals surface area contributed by atoms with Gasteiger partial charge in [0.05, 0.1) is 24.2 Å². The molecule has 1 unspecified atom stereocenters. The number of carbonyl (C=O) groups excluding carboxylic acids is 4. The van der Waals surface area contributed by atoms with Gasteiger partial charge in [-0.05, 0) is 42.5 Å². The Morgan fingerprint density at radius 1 is 1.02 bits per heavy atom. The van der Waals surface area contributed by atoms with E-state index in [1.165, 1.54) is 13.8 Å². The van der Waals surface area contributed by atoms with E-state index in [4.69, 9.17) is 18.9 Å². The molecule has 3 fully saturated rings. The van der Waals surface area contributed by atoms with E-state index in [-0.39, 0.29) is 24.2 Å². The molecule has 0 amide bonds. The highest BCUT2D eigenvalue weighted by Gasteiger charge is 2.77. The minimum absolute atomic E-state index is 0.0874. The highest BCUT2D eigenvalue weighted by Crippen LogP contribution is 2.65. The van der Waals surface area contributed by atoms with Crippen molar-refractivity contribution in [2.24, 2.45) is 22.7 Å². The van der Waals surface area contributed by atoms with E-state index < -0.39 is 82.0 Å². The van der Waals surface area contributed by atoms with Crippen molar-refractivity contribution in [2.45, 2.75) is 96.9 Å². The van der Waals surface area contributed by atoms with Crippen molar-refractivity contribution >= 4 is 23.7 Å². The van der Waals surface area contributed by atoms with Crippen molar-refractivity contribution in [3.05, 3.63) is 47.0 Å². The molecule has 42 heavy (non-hydrogen) atoms. The summed E-state index contributed by atoms with van der Waals surface area (Å²) in [5.41, 5.74) is -5.32. The summed E-state index contributed by atoms with van der Waals surface area (Å²) in [4.78, 5) is 53.8. The molecule has 1 saturated heterocycles. The zero-order valence-electron chi connectivity index (χ0n) is 25.1. The SMILES string of the molecule is CC(=O)O[C@H]1C(=O)[C@@]2(C)C([C@H](OC(=O)c3ccccc3)[C@]3(O)C[C@H](O)C(C)=C1C3(C)C)[C@]1(OC(C)=O)CO[C@@H]1C[C@@H]2C. The Balaban J connectivity index is 1.84. The van der Waals surface area contributed by atoms with Crippen LogP contribution in [0.1, 0.15) is 71.7 Å². The molecule has 2 N–H and O–H groups in total. The Bertz CT molecular complexity index is 1350. The van der Waals surface area contributed by atoms with Gasteiger partial charge in [-0.1, -0.05) is 45.9 Å². The highest BCUT2D eigenvalue weighted by molar-refractivity contribution is 5.95. The van der Waals surface area contributed by atoms with Gasteiger partial charge in [0.2, 0.25) is 0 Å². The maximum absolute atomic E-state index is 15.0. The van der Waals surface area contributed by atoms with Gasteiger partial charge < -0.3 is 29.2 Å². The van der Waals surface area contributed by atoms with Gasteiger partial charge in [-0.15, -0.1) is 0 Å². The Hall–Kier alpha value is -3.08. The van der Waals surface area contributed by atoms with Crippen LogP contribution < -0.4 is 0 Å². The minimum Gasteiger partial charge on any atom is -0.455 e. The van der Waals surface area contributed by atoms with Crippen LogP contribution in [0, 0.1) is 22.7 Å². The van der Waals surface area contributed by atoms with E-state index in [1.54, 1.807) is 58.0 Å². The first kappa shape index (κ1) is 30.4. The van der Waals surface area contributed by atoms with Crippen molar-refractivity contribution < 1.29 is 48.3 Å². The fourth-order valence-corrected chi connectivity index (χ4v) is 8.20.